The third-order valence-electron chi connectivity index (χ3n) is 3.62. The first-order chi connectivity index (χ1) is 7.38. The lowest BCUT2D eigenvalue weighted by Gasteiger charge is -2.34. The van der Waals surface area contributed by atoms with Crippen LogP contribution in [0, 0.1) is 0 Å². The second-order valence-electron chi connectivity index (χ2n) is 4.92. The average Bonchev–Trinajstić information content (AvgIpc) is 2.98. The highest BCUT2D eigenvalue weighted by Crippen LogP contribution is 2.45. The minimum atomic E-state index is -3.43. The van der Waals surface area contributed by atoms with E-state index in [1.807, 2.05) is 0 Å². The highest BCUT2D eigenvalue weighted by molar-refractivity contribution is 7.90. The predicted octanol–water partition coefficient (Wildman–Crippen LogP) is 0.808. The van der Waals surface area contributed by atoms with Crippen LogP contribution in [-0.4, -0.2) is 41.1 Å². The van der Waals surface area contributed by atoms with Crippen LogP contribution in [0.1, 0.15) is 39.0 Å². The summed E-state index contributed by atoms with van der Waals surface area (Å²) in [6, 6.07) is -0.851. The van der Waals surface area contributed by atoms with Crippen molar-refractivity contribution in [2.45, 2.75) is 49.8 Å². The zero-order chi connectivity index (χ0) is 12.0. The molecule has 1 saturated heterocycles. The van der Waals surface area contributed by atoms with Gasteiger partial charge in [-0.3, -0.25) is 4.79 Å². The first kappa shape index (κ1) is 11.9. The van der Waals surface area contributed by atoms with Crippen LogP contribution < -0.4 is 0 Å². The fourth-order valence-electron chi connectivity index (χ4n) is 2.16. The Bertz CT molecular complexity index is 399. The number of hydrogen-bond donors (Lipinski definition) is 1. The summed E-state index contributed by atoms with van der Waals surface area (Å²) in [7, 11) is -3.43. The number of carboxylic acid groups (broad SMARTS) is 1. The number of rotatable bonds is 3. The van der Waals surface area contributed by atoms with Crippen molar-refractivity contribution in [2.24, 2.45) is 0 Å². The third-order valence-corrected chi connectivity index (χ3v) is 6.33. The van der Waals surface area contributed by atoms with Crippen LogP contribution in [0.5, 0.6) is 0 Å². The van der Waals surface area contributed by atoms with E-state index in [2.05, 4.69) is 0 Å². The molecule has 2 fully saturated rings. The molecule has 0 amide bonds. The summed E-state index contributed by atoms with van der Waals surface area (Å²) < 4.78 is 25.0. The molecule has 16 heavy (non-hydrogen) atoms. The topological polar surface area (TPSA) is 74.7 Å². The number of carbonyl (C=O) groups is 1. The van der Waals surface area contributed by atoms with Crippen molar-refractivity contribution >= 4 is 16.0 Å². The van der Waals surface area contributed by atoms with E-state index in [1.165, 1.54) is 4.31 Å². The average molecular weight is 247 g/mol. The molecule has 0 aromatic carbocycles. The van der Waals surface area contributed by atoms with Gasteiger partial charge in [0.15, 0.2) is 0 Å². The Hall–Kier alpha value is -0.620. The molecule has 1 heterocycles. The van der Waals surface area contributed by atoms with Crippen molar-refractivity contribution in [1.29, 1.82) is 0 Å². The lowest BCUT2D eigenvalue weighted by atomic mass is 10.1. The Kier molecular flexibility index (Phi) is 2.74. The van der Waals surface area contributed by atoms with Gasteiger partial charge in [0.05, 0.1) is 4.75 Å². The minimum Gasteiger partial charge on any atom is -0.480 e. The molecule has 0 bridgehead atoms. The number of nitrogens with zero attached hydrogens (tertiary/aromatic N) is 1. The van der Waals surface area contributed by atoms with Crippen molar-refractivity contribution in [3.8, 4) is 0 Å². The van der Waals surface area contributed by atoms with Crippen LogP contribution in [0.25, 0.3) is 0 Å². The second-order valence-corrected chi connectivity index (χ2v) is 7.32. The van der Waals surface area contributed by atoms with E-state index in [9.17, 15) is 13.2 Å². The smallest absolute Gasteiger partial charge is 0.322 e. The van der Waals surface area contributed by atoms with Crippen LogP contribution in [0.2, 0.25) is 0 Å². The van der Waals surface area contributed by atoms with Gasteiger partial charge in [0, 0.05) is 6.54 Å². The van der Waals surface area contributed by atoms with Gasteiger partial charge < -0.3 is 5.11 Å². The molecule has 92 valence electrons. The molecule has 2 aliphatic rings. The molecule has 1 N–H and O–H groups in total. The number of carboxylic acids is 1. The number of sulfonamides is 1. The zero-order valence-corrected chi connectivity index (χ0v) is 10.2. The van der Waals surface area contributed by atoms with Crippen LogP contribution in [0.15, 0.2) is 0 Å². The monoisotopic (exact) mass is 247 g/mol. The summed E-state index contributed by atoms with van der Waals surface area (Å²) in [4.78, 5) is 11.1. The van der Waals surface area contributed by atoms with E-state index in [1.54, 1.807) is 6.92 Å². The van der Waals surface area contributed by atoms with Gasteiger partial charge in [-0.15, -0.1) is 0 Å². The first-order valence-corrected chi connectivity index (χ1v) is 7.07. The maximum absolute atomic E-state index is 12.2. The second kappa shape index (κ2) is 3.70. The molecule has 1 atom stereocenters. The Morgan fingerprint density at radius 1 is 1.38 bits per heavy atom. The molecule has 0 aromatic rings. The van der Waals surface area contributed by atoms with Gasteiger partial charge in [-0.05, 0) is 39.0 Å². The van der Waals surface area contributed by atoms with E-state index in [0.29, 0.717) is 25.8 Å². The molecular formula is C10H17NO4S. The summed E-state index contributed by atoms with van der Waals surface area (Å²) >= 11 is 0. The van der Waals surface area contributed by atoms with Crippen LogP contribution in [0.4, 0.5) is 0 Å². The van der Waals surface area contributed by atoms with Crippen LogP contribution in [0.3, 0.4) is 0 Å². The fraction of sp³-hybridized carbons (Fsp3) is 0.900. The lowest BCUT2D eigenvalue weighted by molar-refractivity contribution is -0.142. The molecule has 0 spiro atoms. The molecular weight excluding hydrogens is 230 g/mol. The van der Waals surface area contributed by atoms with E-state index >= 15 is 0 Å². The molecule has 6 heteroatoms. The van der Waals surface area contributed by atoms with Gasteiger partial charge in [-0.25, -0.2) is 8.42 Å². The lowest BCUT2D eigenvalue weighted by Crippen LogP contribution is -2.51. The van der Waals surface area contributed by atoms with Crippen LogP contribution >= 0.6 is 0 Å². The molecule has 1 saturated carbocycles. The van der Waals surface area contributed by atoms with Crippen molar-refractivity contribution in [1.82, 2.24) is 4.31 Å². The summed E-state index contributed by atoms with van der Waals surface area (Å²) in [5.74, 6) is -1.02. The summed E-state index contributed by atoms with van der Waals surface area (Å²) in [6.07, 6.45) is 3.29. The normalized spacial score (nSPS) is 29.9. The van der Waals surface area contributed by atoms with Gasteiger partial charge >= 0.3 is 5.97 Å². The largest absolute Gasteiger partial charge is 0.480 e. The number of piperidine rings is 1. The maximum Gasteiger partial charge on any atom is 0.322 e. The van der Waals surface area contributed by atoms with E-state index in [0.717, 1.165) is 12.8 Å². The van der Waals surface area contributed by atoms with E-state index in [4.69, 9.17) is 5.11 Å². The van der Waals surface area contributed by atoms with E-state index < -0.39 is 26.8 Å². The predicted molar refractivity (Wildman–Crippen MR) is 58.5 cm³/mol. The molecule has 0 aromatic heterocycles. The molecule has 0 radical (unpaired) electrons. The van der Waals surface area contributed by atoms with Crippen LogP contribution in [-0.2, 0) is 14.8 Å². The van der Waals surface area contributed by atoms with Gasteiger partial charge in [0.1, 0.15) is 6.04 Å². The first-order valence-electron chi connectivity index (χ1n) is 5.63. The standard InChI is InChI=1S/C10H17NO4S/c1-10(5-6-10)16(14,15)11-7-3-2-4-8(11)9(12)13/h8H,2-7H2,1H3,(H,12,13). The SMILES string of the molecule is CC1(S(=O)(=O)N2CCCCC2C(=O)O)CC1. The van der Waals surface area contributed by atoms with Gasteiger partial charge in [-0.1, -0.05) is 0 Å². The molecule has 5 nitrogen and oxygen atoms in total. The Balaban J connectivity index is 2.27. The summed E-state index contributed by atoms with van der Waals surface area (Å²) in [5.41, 5.74) is 0. The summed E-state index contributed by atoms with van der Waals surface area (Å²) in [5, 5.41) is 9.05. The third kappa shape index (κ3) is 1.73. The Morgan fingerprint density at radius 2 is 2.00 bits per heavy atom. The van der Waals surface area contributed by atoms with Gasteiger partial charge in [0.25, 0.3) is 0 Å². The highest BCUT2D eigenvalue weighted by atomic mass is 32.2. The Labute approximate surface area is 95.5 Å². The van der Waals surface area contributed by atoms with Gasteiger partial charge in [0.2, 0.25) is 10.0 Å². The van der Waals surface area contributed by atoms with Crippen molar-refractivity contribution in [3.63, 3.8) is 0 Å². The number of aliphatic carboxylic acids is 1. The van der Waals surface area contributed by atoms with Crippen molar-refractivity contribution in [2.75, 3.05) is 6.54 Å². The molecule has 1 aliphatic heterocycles. The summed E-state index contributed by atoms with van der Waals surface area (Å²) in [6.45, 7) is 2.06. The highest BCUT2D eigenvalue weighted by Gasteiger charge is 2.55. The van der Waals surface area contributed by atoms with Crippen molar-refractivity contribution < 1.29 is 18.3 Å². The Morgan fingerprint density at radius 3 is 2.50 bits per heavy atom. The molecule has 2 rings (SSSR count). The fourth-order valence-corrected chi connectivity index (χ4v) is 4.24. The zero-order valence-electron chi connectivity index (χ0n) is 9.35. The number of hydrogen-bond acceptors (Lipinski definition) is 3. The van der Waals surface area contributed by atoms with Crippen molar-refractivity contribution in [3.05, 3.63) is 0 Å². The maximum atomic E-state index is 12.2. The van der Waals surface area contributed by atoms with E-state index in [-0.39, 0.29) is 0 Å². The minimum absolute atomic E-state index is 0.356. The molecule has 1 unspecified atom stereocenters. The quantitative estimate of drug-likeness (QED) is 0.800. The molecule has 1 aliphatic carbocycles. The van der Waals surface area contributed by atoms with Gasteiger partial charge in [-0.2, -0.15) is 4.31 Å².